The van der Waals surface area contributed by atoms with E-state index in [1.807, 2.05) is 30.3 Å². The van der Waals surface area contributed by atoms with Gasteiger partial charge in [-0.15, -0.1) is 0 Å². The molecule has 16 heavy (non-hydrogen) atoms. The van der Waals surface area contributed by atoms with E-state index in [4.69, 9.17) is 5.73 Å². The van der Waals surface area contributed by atoms with E-state index in [9.17, 15) is 4.39 Å². The number of halogens is 1. The summed E-state index contributed by atoms with van der Waals surface area (Å²) in [5, 5.41) is 0. The van der Waals surface area contributed by atoms with E-state index in [1.54, 1.807) is 0 Å². The highest BCUT2D eigenvalue weighted by Gasteiger charge is 1.97. The van der Waals surface area contributed by atoms with Gasteiger partial charge >= 0.3 is 0 Å². The first-order valence-corrected chi connectivity index (χ1v) is 5.33. The Kier molecular flexibility index (Phi) is 3.20. The SMILES string of the molecule is Nc1cccc(CCc2ccc(F)cc2)c1. The second-order valence-electron chi connectivity index (χ2n) is 3.87. The Hall–Kier alpha value is -1.83. The molecule has 0 heterocycles. The molecule has 0 radical (unpaired) electrons. The highest BCUT2D eigenvalue weighted by Crippen LogP contribution is 2.11. The van der Waals surface area contributed by atoms with Gasteiger partial charge in [0.25, 0.3) is 0 Å². The maximum atomic E-state index is 12.7. The summed E-state index contributed by atoms with van der Waals surface area (Å²) in [4.78, 5) is 0. The maximum absolute atomic E-state index is 12.7. The third kappa shape index (κ3) is 2.83. The molecule has 0 amide bonds. The average Bonchev–Trinajstić information content (AvgIpc) is 2.28. The number of anilines is 1. The molecule has 2 aromatic rings. The first kappa shape index (κ1) is 10.7. The van der Waals surface area contributed by atoms with Gasteiger partial charge in [0.1, 0.15) is 5.82 Å². The van der Waals surface area contributed by atoms with Crippen LogP contribution in [-0.4, -0.2) is 0 Å². The van der Waals surface area contributed by atoms with Gasteiger partial charge in [0.2, 0.25) is 0 Å². The summed E-state index contributed by atoms with van der Waals surface area (Å²) < 4.78 is 12.7. The van der Waals surface area contributed by atoms with Crippen molar-refractivity contribution in [3.05, 3.63) is 65.5 Å². The van der Waals surface area contributed by atoms with E-state index in [-0.39, 0.29) is 5.82 Å². The topological polar surface area (TPSA) is 26.0 Å². The minimum absolute atomic E-state index is 0.187. The van der Waals surface area contributed by atoms with Gasteiger partial charge in [0, 0.05) is 5.69 Å². The smallest absolute Gasteiger partial charge is 0.123 e. The van der Waals surface area contributed by atoms with Crippen molar-refractivity contribution < 1.29 is 4.39 Å². The average molecular weight is 215 g/mol. The third-order valence-electron chi connectivity index (χ3n) is 2.57. The number of aryl methyl sites for hydroxylation is 2. The predicted molar refractivity (Wildman–Crippen MR) is 64.7 cm³/mol. The fourth-order valence-electron chi connectivity index (χ4n) is 1.69. The quantitative estimate of drug-likeness (QED) is 0.782. The zero-order chi connectivity index (χ0) is 11.4. The molecule has 0 saturated heterocycles. The predicted octanol–water partition coefficient (Wildman–Crippen LogP) is 3.19. The number of hydrogen-bond donors (Lipinski definition) is 1. The molecule has 0 aliphatic heterocycles. The lowest BCUT2D eigenvalue weighted by atomic mass is 10.0. The lowest BCUT2D eigenvalue weighted by Crippen LogP contribution is -1.93. The van der Waals surface area contributed by atoms with Crippen LogP contribution in [0.5, 0.6) is 0 Å². The van der Waals surface area contributed by atoms with Crippen LogP contribution in [-0.2, 0) is 12.8 Å². The van der Waals surface area contributed by atoms with Crippen LogP contribution in [0.25, 0.3) is 0 Å². The molecule has 0 atom stereocenters. The number of hydrogen-bond acceptors (Lipinski definition) is 1. The summed E-state index contributed by atoms with van der Waals surface area (Å²) in [7, 11) is 0. The molecule has 0 saturated carbocycles. The lowest BCUT2D eigenvalue weighted by Gasteiger charge is -2.03. The Labute approximate surface area is 94.7 Å². The summed E-state index contributed by atoms with van der Waals surface area (Å²) in [6.45, 7) is 0. The molecule has 2 rings (SSSR count). The van der Waals surface area contributed by atoms with Crippen LogP contribution < -0.4 is 5.73 Å². The summed E-state index contributed by atoms with van der Waals surface area (Å²) in [5.41, 5.74) is 8.84. The van der Waals surface area contributed by atoms with Crippen molar-refractivity contribution >= 4 is 5.69 Å². The Morgan fingerprint density at radius 2 is 1.56 bits per heavy atom. The minimum atomic E-state index is -0.187. The van der Waals surface area contributed by atoms with Crippen LogP contribution >= 0.6 is 0 Å². The van der Waals surface area contributed by atoms with Crippen LogP contribution in [0.15, 0.2) is 48.5 Å². The van der Waals surface area contributed by atoms with Gasteiger partial charge in [-0.3, -0.25) is 0 Å². The van der Waals surface area contributed by atoms with Gasteiger partial charge < -0.3 is 5.73 Å². The van der Waals surface area contributed by atoms with Crippen LogP contribution in [0.2, 0.25) is 0 Å². The van der Waals surface area contributed by atoms with Crippen molar-refractivity contribution in [2.24, 2.45) is 0 Å². The zero-order valence-electron chi connectivity index (χ0n) is 8.99. The van der Waals surface area contributed by atoms with Crippen molar-refractivity contribution in [1.82, 2.24) is 0 Å². The van der Waals surface area contributed by atoms with E-state index in [0.29, 0.717) is 0 Å². The van der Waals surface area contributed by atoms with Gasteiger partial charge in [-0.1, -0.05) is 24.3 Å². The van der Waals surface area contributed by atoms with E-state index in [1.165, 1.54) is 17.7 Å². The monoisotopic (exact) mass is 215 g/mol. The first-order valence-electron chi connectivity index (χ1n) is 5.33. The summed E-state index contributed by atoms with van der Waals surface area (Å²) in [6, 6.07) is 14.5. The van der Waals surface area contributed by atoms with E-state index in [2.05, 4.69) is 6.07 Å². The number of rotatable bonds is 3. The van der Waals surface area contributed by atoms with Gasteiger partial charge in [0.05, 0.1) is 0 Å². The van der Waals surface area contributed by atoms with Crippen molar-refractivity contribution in [2.45, 2.75) is 12.8 Å². The summed E-state index contributed by atoms with van der Waals surface area (Å²) >= 11 is 0. The molecule has 0 spiro atoms. The molecule has 2 N–H and O–H groups in total. The Morgan fingerprint density at radius 1 is 0.875 bits per heavy atom. The highest BCUT2D eigenvalue weighted by atomic mass is 19.1. The number of benzene rings is 2. The van der Waals surface area contributed by atoms with E-state index in [0.717, 1.165) is 24.1 Å². The standard InChI is InChI=1S/C14H14FN/c15-13-8-6-11(7-9-13)4-5-12-2-1-3-14(16)10-12/h1-3,6-10H,4-5,16H2. The van der Waals surface area contributed by atoms with Crippen LogP contribution in [0.3, 0.4) is 0 Å². The molecule has 1 nitrogen and oxygen atoms in total. The second-order valence-corrected chi connectivity index (χ2v) is 3.87. The molecule has 0 unspecified atom stereocenters. The Morgan fingerprint density at radius 3 is 2.25 bits per heavy atom. The molecule has 0 fully saturated rings. The number of nitrogen functional groups attached to an aromatic ring is 1. The highest BCUT2D eigenvalue weighted by molar-refractivity contribution is 5.40. The van der Waals surface area contributed by atoms with Crippen molar-refractivity contribution in [3.63, 3.8) is 0 Å². The zero-order valence-corrected chi connectivity index (χ0v) is 8.99. The van der Waals surface area contributed by atoms with Crippen LogP contribution in [0, 0.1) is 5.82 Å². The van der Waals surface area contributed by atoms with Crippen LogP contribution in [0.1, 0.15) is 11.1 Å². The van der Waals surface area contributed by atoms with Gasteiger partial charge in [-0.25, -0.2) is 4.39 Å². The Balaban J connectivity index is 1.99. The van der Waals surface area contributed by atoms with Gasteiger partial charge in [0.15, 0.2) is 0 Å². The van der Waals surface area contributed by atoms with E-state index >= 15 is 0 Å². The molecular weight excluding hydrogens is 201 g/mol. The maximum Gasteiger partial charge on any atom is 0.123 e. The second kappa shape index (κ2) is 4.79. The fourth-order valence-corrected chi connectivity index (χ4v) is 1.69. The molecule has 2 aromatic carbocycles. The van der Waals surface area contributed by atoms with Crippen molar-refractivity contribution in [1.29, 1.82) is 0 Å². The van der Waals surface area contributed by atoms with Crippen molar-refractivity contribution in [2.75, 3.05) is 5.73 Å². The largest absolute Gasteiger partial charge is 0.399 e. The van der Waals surface area contributed by atoms with Crippen molar-refractivity contribution in [3.8, 4) is 0 Å². The van der Waals surface area contributed by atoms with Gasteiger partial charge in [-0.05, 0) is 48.2 Å². The molecule has 0 aliphatic rings. The van der Waals surface area contributed by atoms with Crippen LogP contribution in [0.4, 0.5) is 10.1 Å². The lowest BCUT2D eigenvalue weighted by molar-refractivity contribution is 0.627. The summed E-state index contributed by atoms with van der Waals surface area (Å²) in [6.07, 6.45) is 1.83. The third-order valence-corrected chi connectivity index (χ3v) is 2.57. The fraction of sp³-hybridized carbons (Fsp3) is 0.143. The molecular formula is C14H14FN. The first-order chi connectivity index (χ1) is 7.74. The minimum Gasteiger partial charge on any atom is -0.399 e. The Bertz CT molecular complexity index is 462. The summed E-state index contributed by atoms with van der Waals surface area (Å²) in [5.74, 6) is -0.187. The van der Waals surface area contributed by atoms with Gasteiger partial charge in [-0.2, -0.15) is 0 Å². The molecule has 0 bridgehead atoms. The molecule has 2 heteroatoms. The molecule has 0 aliphatic carbocycles. The van der Waals surface area contributed by atoms with E-state index < -0.39 is 0 Å². The number of nitrogens with two attached hydrogens (primary N) is 1. The molecule has 82 valence electrons. The molecule has 0 aromatic heterocycles. The normalized spacial score (nSPS) is 10.3.